The lowest BCUT2D eigenvalue weighted by Crippen LogP contribution is -2.12. The molecule has 0 heterocycles. The molecule has 0 amide bonds. The van der Waals surface area contributed by atoms with E-state index in [1.165, 1.54) is 6.26 Å². The highest BCUT2D eigenvalue weighted by molar-refractivity contribution is 5.89. The smallest absolute Gasteiger partial charge is 0.338 e. The van der Waals surface area contributed by atoms with E-state index in [1.54, 1.807) is 24.3 Å². The molecule has 0 N–H and O–H groups in total. The number of esters is 1. The van der Waals surface area contributed by atoms with Crippen LogP contribution in [0.25, 0.3) is 0 Å². The highest BCUT2D eigenvalue weighted by Gasteiger charge is 2.04. The van der Waals surface area contributed by atoms with E-state index in [-0.39, 0.29) is 12.6 Å². The largest absolute Gasteiger partial charge is 0.499 e. The molecule has 92 valence electrons. The van der Waals surface area contributed by atoms with Crippen molar-refractivity contribution in [1.29, 1.82) is 0 Å². The zero-order valence-corrected chi connectivity index (χ0v) is 9.63. The Balaban J connectivity index is 2.07. The summed E-state index contributed by atoms with van der Waals surface area (Å²) in [5.41, 5.74) is 0.544. The minimum atomic E-state index is -0.337. The van der Waals surface area contributed by atoms with Gasteiger partial charge in [-0.25, -0.2) is 4.79 Å². The first kappa shape index (κ1) is 13.3. The molecule has 1 rings (SSSR count). The van der Waals surface area contributed by atoms with Gasteiger partial charge >= 0.3 is 5.97 Å². The maximum absolute atomic E-state index is 11.5. The number of carbonyl (C=O) groups is 1. The molecule has 0 saturated carbocycles. The Hall–Kier alpha value is -1.81. The van der Waals surface area contributed by atoms with Gasteiger partial charge in [-0.3, -0.25) is 0 Å². The lowest BCUT2D eigenvalue weighted by molar-refractivity contribution is 0.0246. The molecular weight excluding hydrogens is 220 g/mol. The van der Waals surface area contributed by atoms with E-state index in [0.717, 1.165) is 0 Å². The van der Waals surface area contributed by atoms with Crippen molar-refractivity contribution in [2.45, 2.75) is 0 Å². The van der Waals surface area contributed by atoms with Crippen molar-refractivity contribution in [3.8, 4) is 0 Å². The summed E-state index contributed by atoms with van der Waals surface area (Å²) in [6.07, 6.45) is 1.36. The molecule has 17 heavy (non-hydrogen) atoms. The Kier molecular flexibility index (Phi) is 6.51. The van der Waals surface area contributed by atoms with E-state index in [4.69, 9.17) is 14.2 Å². The molecule has 4 heteroatoms. The summed E-state index contributed by atoms with van der Waals surface area (Å²) in [4.78, 5) is 11.5. The summed E-state index contributed by atoms with van der Waals surface area (Å²) in [7, 11) is 0. The standard InChI is InChI=1S/C13H16O4/c1-2-15-8-9-16-10-11-17-13(14)12-6-4-3-5-7-12/h2-7H,1,8-11H2. The summed E-state index contributed by atoms with van der Waals surface area (Å²) in [6, 6.07) is 8.85. The molecule has 0 atom stereocenters. The average molecular weight is 236 g/mol. The molecule has 0 aliphatic rings. The topological polar surface area (TPSA) is 44.8 Å². The summed E-state index contributed by atoms with van der Waals surface area (Å²) in [6.45, 7) is 4.91. The normalized spacial score (nSPS) is 9.65. The van der Waals surface area contributed by atoms with Gasteiger partial charge in [-0.05, 0) is 12.1 Å². The van der Waals surface area contributed by atoms with Crippen molar-refractivity contribution >= 4 is 5.97 Å². The van der Waals surface area contributed by atoms with E-state index < -0.39 is 0 Å². The number of rotatable bonds is 8. The summed E-state index contributed by atoms with van der Waals surface area (Å²) in [5.74, 6) is -0.337. The zero-order chi connectivity index (χ0) is 12.3. The zero-order valence-electron chi connectivity index (χ0n) is 9.63. The average Bonchev–Trinajstić information content (AvgIpc) is 2.38. The van der Waals surface area contributed by atoms with E-state index >= 15 is 0 Å². The van der Waals surface area contributed by atoms with E-state index in [0.29, 0.717) is 25.4 Å². The van der Waals surface area contributed by atoms with Crippen LogP contribution in [0.4, 0.5) is 0 Å². The molecule has 0 unspecified atom stereocenters. The fraction of sp³-hybridized carbons (Fsp3) is 0.308. The maximum atomic E-state index is 11.5. The Morgan fingerprint density at radius 1 is 1.12 bits per heavy atom. The van der Waals surface area contributed by atoms with Gasteiger partial charge in [0.05, 0.1) is 25.0 Å². The quantitative estimate of drug-likeness (QED) is 0.393. The second-order valence-electron chi connectivity index (χ2n) is 3.15. The molecule has 0 spiro atoms. The van der Waals surface area contributed by atoms with Crippen LogP contribution in [0.2, 0.25) is 0 Å². The third-order valence-corrected chi connectivity index (χ3v) is 1.93. The predicted octanol–water partition coefficient (Wildman–Crippen LogP) is 2.02. The molecule has 0 radical (unpaired) electrons. The lowest BCUT2D eigenvalue weighted by atomic mass is 10.2. The fourth-order valence-electron chi connectivity index (χ4n) is 1.14. The van der Waals surface area contributed by atoms with Crippen LogP contribution in [-0.4, -0.2) is 32.4 Å². The lowest BCUT2D eigenvalue weighted by Gasteiger charge is -2.05. The van der Waals surface area contributed by atoms with Crippen molar-refractivity contribution in [2.24, 2.45) is 0 Å². The van der Waals surface area contributed by atoms with Crippen molar-refractivity contribution in [3.05, 3.63) is 48.7 Å². The van der Waals surface area contributed by atoms with Gasteiger partial charge in [0.1, 0.15) is 13.2 Å². The molecule has 0 aliphatic carbocycles. The maximum Gasteiger partial charge on any atom is 0.338 e. The van der Waals surface area contributed by atoms with E-state index in [2.05, 4.69) is 6.58 Å². The number of hydrogen-bond donors (Lipinski definition) is 0. The number of ether oxygens (including phenoxy) is 3. The molecular formula is C13H16O4. The molecule has 0 aliphatic heterocycles. The van der Waals surface area contributed by atoms with Crippen molar-refractivity contribution in [3.63, 3.8) is 0 Å². The van der Waals surface area contributed by atoms with Crippen LogP contribution in [-0.2, 0) is 14.2 Å². The first-order valence-electron chi connectivity index (χ1n) is 5.37. The second kappa shape index (κ2) is 8.35. The van der Waals surface area contributed by atoms with Crippen LogP contribution in [0, 0.1) is 0 Å². The highest BCUT2D eigenvalue weighted by atomic mass is 16.6. The highest BCUT2D eigenvalue weighted by Crippen LogP contribution is 2.00. The Morgan fingerprint density at radius 3 is 2.53 bits per heavy atom. The van der Waals surface area contributed by atoms with Gasteiger partial charge < -0.3 is 14.2 Å². The first-order chi connectivity index (χ1) is 8.34. The number of hydrogen-bond acceptors (Lipinski definition) is 4. The minimum Gasteiger partial charge on any atom is -0.499 e. The van der Waals surface area contributed by atoms with Crippen molar-refractivity contribution < 1.29 is 19.0 Å². The number of benzene rings is 1. The summed E-state index contributed by atoms with van der Waals surface area (Å²) in [5, 5.41) is 0. The second-order valence-corrected chi connectivity index (χ2v) is 3.15. The van der Waals surface area contributed by atoms with Gasteiger partial charge in [-0.15, -0.1) is 0 Å². The number of carbonyl (C=O) groups excluding carboxylic acids is 1. The van der Waals surface area contributed by atoms with E-state index in [9.17, 15) is 4.79 Å². The minimum absolute atomic E-state index is 0.238. The SMILES string of the molecule is C=COCCOCCOC(=O)c1ccccc1. The summed E-state index contributed by atoms with van der Waals surface area (Å²) < 4.78 is 15.0. The van der Waals surface area contributed by atoms with Crippen LogP contribution in [0.15, 0.2) is 43.2 Å². The molecule has 0 bridgehead atoms. The fourth-order valence-corrected chi connectivity index (χ4v) is 1.14. The van der Waals surface area contributed by atoms with Gasteiger partial charge in [-0.2, -0.15) is 0 Å². The van der Waals surface area contributed by atoms with Gasteiger partial charge in [0.15, 0.2) is 0 Å². The van der Waals surface area contributed by atoms with E-state index in [1.807, 2.05) is 6.07 Å². The van der Waals surface area contributed by atoms with Crippen molar-refractivity contribution in [2.75, 3.05) is 26.4 Å². The summed E-state index contributed by atoms with van der Waals surface area (Å²) >= 11 is 0. The molecule has 0 aromatic heterocycles. The monoisotopic (exact) mass is 236 g/mol. The van der Waals surface area contributed by atoms with Crippen LogP contribution in [0.5, 0.6) is 0 Å². The van der Waals surface area contributed by atoms with Gasteiger partial charge in [0.2, 0.25) is 0 Å². The molecule has 0 saturated heterocycles. The third-order valence-electron chi connectivity index (χ3n) is 1.93. The van der Waals surface area contributed by atoms with Gasteiger partial charge in [0.25, 0.3) is 0 Å². The molecule has 4 nitrogen and oxygen atoms in total. The van der Waals surface area contributed by atoms with Crippen molar-refractivity contribution in [1.82, 2.24) is 0 Å². The van der Waals surface area contributed by atoms with Gasteiger partial charge in [-0.1, -0.05) is 24.8 Å². The molecule has 1 aromatic carbocycles. The van der Waals surface area contributed by atoms with Crippen LogP contribution in [0.1, 0.15) is 10.4 Å². The van der Waals surface area contributed by atoms with Crippen LogP contribution in [0.3, 0.4) is 0 Å². The van der Waals surface area contributed by atoms with Crippen LogP contribution < -0.4 is 0 Å². The Morgan fingerprint density at radius 2 is 1.82 bits per heavy atom. The Labute approximate surface area is 101 Å². The van der Waals surface area contributed by atoms with Gasteiger partial charge in [0, 0.05) is 0 Å². The Bertz CT molecular complexity index is 335. The van der Waals surface area contributed by atoms with Crippen LogP contribution >= 0.6 is 0 Å². The third kappa shape index (κ3) is 5.73. The first-order valence-corrected chi connectivity index (χ1v) is 5.37. The predicted molar refractivity (Wildman–Crippen MR) is 63.7 cm³/mol. The molecule has 0 fully saturated rings. The molecule has 1 aromatic rings.